The number of halogens is 1. The normalized spacial score (nSPS) is 10.5. The molecule has 3 nitrogen and oxygen atoms in total. The van der Waals surface area contributed by atoms with Crippen LogP contribution >= 0.6 is 11.6 Å². The summed E-state index contributed by atoms with van der Waals surface area (Å²) < 4.78 is 10.6. The second-order valence-electron chi connectivity index (χ2n) is 3.28. The largest absolute Gasteiger partial charge is 0.379 e. The predicted molar refractivity (Wildman–Crippen MR) is 65.2 cm³/mol. The van der Waals surface area contributed by atoms with Crippen molar-refractivity contribution in [1.29, 1.82) is 0 Å². The van der Waals surface area contributed by atoms with Gasteiger partial charge in [-0.1, -0.05) is 12.8 Å². The summed E-state index contributed by atoms with van der Waals surface area (Å²) in [4.78, 5) is 3.68. The van der Waals surface area contributed by atoms with Crippen LogP contribution in [0, 0.1) is 0 Å². The van der Waals surface area contributed by atoms with Crippen LogP contribution in [0.3, 0.4) is 0 Å². The smallest absolute Gasteiger partial charge is 0.0701 e. The average Bonchev–Trinajstić information content (AvgIpc) is 2.26. The number of unbranched alkanes of at least 4 members (excludes halogenated alkanes) is 3. The van der Waals surface area contributed by atoms with Gasteiger partial charge in [0.1, 0.15) is 0 Å². The van der Waals surface area contributed by atoms with Gasteiger partial charge in [0, 0.05) is 12.5 Å². The first-order valence-corrected chi connectivity index (χ1v) is 6.09. The molecular weight excluding hydrogens is 214 g/mol. The van der Waals surface area contributed by atoms with Crippen LogP contribution in [-0.2, 0) is 9.47 Å². The maximum absolute atomic E-state index is 5.56. The predicted octanol–water partition coefficient (Wildman–Crippen LogP) is 2.52. The number of aliphatic imine (C=N–C) groups is 1. The van der Waals surface area contributed by atoms with E-state index in [-0.39, 0.29) is 0 Å². The summed E-state index contributed by atoms with van der Waals surface area (Å²) in [5.74, 6) is 0.770. The van der Waals surface area contributed by atoms with E-state index < -0.39 is 0 Å². The first kappa shape index (κ1) is 14.9. The molecule has 0 saturated heterocycles. The summed E-state index contributed by atoms with van der Waals surface area (Å²) in [5, 5.41) is 0. The van der Waals surface area contributed by atoms with Crippen LogP contribution in [0.15, 0.2) is 4.99 Å². The minimum absolute atomic E-state index is 0.641. The lowest BCUT2D eigenvalue weighted by Crippen LogP contribution is -2.07. The van der Waals surface area contributed by atoms with Gasteiger partial charge in [-0.05, 0) is 19.6 Å². The van der Waals surface area contributed by atoms with Gasteiger partial charge in [-0.25, -0.2) is 0 Å². The molecule has 0 spiro atoms. The minimum atomic E-state index is 0.641. The Morgan fingerprint density at radius 2 is 1.53 bits per heavy atom. The molecule has 90 valence electrons. The van der Waals surface area contributed by atoms with Gasteiger partial charge in [0.25, 0.3) is 0 Å². The van der Waals surface area contributed by atoms with E-state index in [1.807, 2.05) is 0 Å². The minimum Gasteiger partial charge on any atom is -0.379 e. The molecule has 0 saturated carbocycles. The molecule has 0 atom stereocenters. The first-order valence-electron chi connectivity index (χ1n) is 5.55. The number of hydrogen-bond acceptors (Lipinski definition) is 3. The van der Waals surface area contributed by atoms with E-state index >= 15 is 0 Å². The summed E-state index contributed by atoms with van der Waals surface area (Å²) in [7, 11) is 0. The van der Waals surface area contributed by atoms with Crippen molar-refractivity contribution < 1.29 is 9.47 Å². The van der Waals surface area contributed by atoms with Gasteiger partial charge in [-0.2, -0.15) is 0 Å². The highest BCUT2D eigenvalue weighted by atomic mass is 35.5. The highest BCUT2D eigenvalue weighted by Crippen LogP contribution is 2.00. The van der Waals surface area contributed by atoms with Crippen LogP contribution in [0.2, 0.25) is 0 Å². The Kier molecular flexibility index (Phi) is 13.8. The van der Waals surface area contributed by atoms with Gasteiger partial charge in [0.05, 0.1) is 26.4 Å². The molecule has 0 unspecified atom stereocenters. The molecule has 0 aliphatic carbocycles. The number of hydrogen-bond donors (Lipinski definition) is 0. The van der Waals surface area contributed by atoms with Crippen molar-refractivity contribution >= 4 is 18.3 Å². The topological polar surface area (TPSA) is 30.8 Å². The molecule has 0 aromatic rings. The molecule has 0 heterocycles. The van der Waals surface area contributed by atoms with Crippen molar-refractivity contribution in [1.82, 2.24) is 0 Å². The third-order valence-electron chi connectivity index (χ3n) is 1.94. The second kappa shape index (κ2) is 13.9. The third kappa shape index (κ3) is 13.9. The van der Waals surface area contributed by atoms with Crippen molar-refractivity contribution in [3.05, 3.63) is 0 Å². The molecule has 0 amide bonds. The van der Waals surface area contributed by atoms with Gasteiger partial charge in [0.15, 0.2) is 0 Å². The van der Waals surface area contributed by atoms with Crippen molar-refractivity contribution in [3.8, 4) is 0 Å². The molecule has 0 rings (SSSR count). The Hall–Kier alpha value is -0.120. The molecule has 0 aliphatic rings. The monoisotopic (exact) mass is 235 g/mol. The number of ether oxygens (including phenoxy) is 2. The number of nitrogens with zero attached hydrogens (tertiary/aromatic N) is 1. The van der Waals surface area contributed by atoms with E-state index in [4.69, 9.17) is 21.1 Å². The second-order valence-corrected chi connectivity index (χ2v) is 3.65. The first-order chi connectivity index (χ1) is 7.41. The van der Waals surface area contributed by atoms with Crippen molar-refractivity contribution in [2.75, 3.05) is 38.9 Å². The number of rotatable bonds is 12. The van der Waals surface area contributed by atoms with Crippen molar-refractivity contribution in [2.24, 2.45) is 4.99 Å². The van der Waals surface area contributed by atoms with Crippen LogP contribution < -0.4 is 0 Å². The van der Waals surface area contributed by atoms with Gasteiger partial charge in [-0.15, -0.1) is 11.6 Å². The van der Waals surface area contributed by atoms with E-state index in [0.717, 1.165) is 25.3 Å². The lowest BCUT2D eigenvalue weighted by molar-refractivity contribution is 0.0494. The molecule has 15 heavy (non-hydrogen) atoms. The fraction of sp³-hybridized carbons (Fsp3) is 0.909. The molecule has 0 aliphatic heterocycles. The molecular formula is C11H22ClNO2. The van der Waals surface area contributed by atoms with Crippen molar-refractivity contribution in [3.63, 3.8) is 0 Å². The molecule has 0 bridgehead atoms. The van der Waals surface area contributed by atoms with E-state index in [9.17, 15) is 0 Å². The summed E-state index contributed by atoms with van der Waals surface area (Å²) in [6.45, 7) is 6.83. The maximum atomic E-state index is 5.56. The quantitative estimate of drug-likeness (QED) is 0.296. The maximum Gasteiger partial charge on any atom is 0.0701 e. The molecule has 0 fully saturated rings. The van der Waals surface area contributed by atoms with E-state index in [0.29, 0.717) is 26.4 Å². The summed E-state index contributed by atoms with van der Waals surface area (Å²) in [5.41, 5.74) is 0. The molecule has 4 heteroatoms. The Morgan fingerprint density at radius 3 is 2.20 bits per heavy atom. The van der Waals surface area contributed by atoms with Crippen LogP contribution in [0.5, 0.6) is 0 Å². The van der Waals surface area contributed by atoms with Crippen LogP contribution in [0.1, 0.15) is 25.7 Å². The van der Waals surface area contributed by atoms with E-state index in [1.165, 1.54) is 12.8 Å². The molecule has 0 N–H and O–H groups in total. The van der Waals surface area contributed by atoms with Crippen molar-refractivity contribution in [2.45, 2.75) is 25.7 Å². The van der Waals surface area contributed by atoms with E-state index in [2.05, 4.69) is 11.7 Å². The summed E-state index contributed by atoms with van der Waals surface area (Å²) in [6.07, 6.45) is 4.63. The van der Waals surface area contributed by atoms with Crippen LogP contribution in [0.4, 0.5) is 0 Å². The van der Waals surface area contributed by atoms with Crippen LogP contribution in [0.25, 0.3) is 0 Å². The SMILES string of the molecule is C=NCCOCCOCCCCCCCl. The van der Waals surface area contributed by atoms with E-state index in [1.54, 1.807) is 0 Å². The lowest BCUT2D eigenvalue weighted by Gasteiger charge is -2.04. The number of alkyl halides is 1. The highest BCUT2D eigenvalue weighted by molar-refractivity contribution is 6.17. The standard InChI is InChI=1S/C11H22ClNO2/c1-13-7-9-15-11-10-14-8-5-3-2-4-6-12/h1-11H2. The van der Waals surface area contributed by atoms with Crippen LogP contribution in [-0.4, -0.2) is 45.6 Å². The Morgan fingerprint density at radius 1 is 0.867 bits per heavy atom. The molecule has 0 aromatic heterocycles. The zero-order chi connectivity index (χ0) is 11.2. The van der Waals surface area contributed by atoms with Gasteiger partial charge < -0.3 is 9.47 Å². The fourth-order valence-electron chi connectivity index (χ4n) is 1.10. The lowest BCUT2D eigenvalue weighted by atomic mass is 10.2. The molecule has 0 aromatic carbocycles. The van der Waals surface area contributed by atoms with Gasteiger partial charge in [-0.3, -0.25) is 4.99 Å². The third-order valence-corrected chi connectivity index (χ3v) is 2.21. The Labute approximate surface area is 97.8 Å². The fourth-order valence-corrected chi connectivity index (χ4v) is 1.29. The van der Waals surface area contributed by atoms with Gasteiger partial charge in [0.2, 0.25) is 0 Å². The Bertz CT molecular complexity index is 134. The zero-order valence-electron chi connectivity index (χ0n) is 9.42. The summed E-state index contributed by atoms with van der Waals surface area (Å²) in [6, 6.07) is 0. The Balaban J connectivity index is 2.83. The highest BCUT2D eigenvalue weighted by Gasteiger charge is 1.91. The summed E-state index contributed by atoms with van der Waals surface area (Å²) >= 11 is 5.56. The molecule has 0 radical (unpaired) electrons. The van der Waals surface area contributed by atoms with Gasteiger partial charge >= 0.3 is 0 Å². The average molecular weight is 236 g/mol. The zero-order valence-corrected chi connectivity index (χ0v) is 10.2.